The molecule has 0 atom stereocenters. The van der Waals surface area contributed by atoms with Crippen molar-refractivity contribution in [3.8, 4) is 0 Å². The first-order valence-corrected chi connectivity index (χ1v) is 8.04. The van der Waals surface area contributed by atoms with Crippen LogP contribution in [0.3, 0.4) is 0 Å². The molecule has 0 saturated carbocycles. The summed E-state index contributed by atoms with van der Waals surface area (Å²) in [5, 5.41) is 11.2. The molecule has 0 spiro atoms. The summed E-state index contributed by atoms with van der Waals surface area (Å²) >= 11 is 0. The minimum Gasteiger partial charge on any atom is -0.352 e. The molecule has 1 aromatic carbocycles. The van der Waals surface area contributed by atoms with Gasteiger partial charge in [-0.25, -0.2) is 4.39 Å². The molecule has 2 heterocycles. The van der Waals surface area contributed by atoms with Crippen molar-refractivity contribution in [1.29, 1.82) is 0 Å². The number of aryl methyl sites for hydroxylation is 1. The van der Waals surface area contributed by atoms with Gasteiger partial charge in [0.05, 0.1) is 5.56 Å². The molecule has 0 radical (unpaired) electrons. The van der Waals surface area contributed by atoms with Crippen molar-refractivity contribution in [2.24, 2.45) is 0 Å². The Balaban J connectivity index is 1.70. The van der Waals surface area contributed by atoms with Gasteiger partial charge in [0, 0.05) is 19.2 Å². The van der Waals surface area contributed by atoms with Crippen molar-refractivity contribution >= 4 is 11.6 Å². The van der Waals surface area contributed by atoms with Gasteiger partial charge in [-0.2, -0.15) is 0 Å². The van der Waals surface area contributed by atoms with Crippen LogP contribution in [-0.2, 0) is 12.8 Å². The summed E-state index contributed by atoms with van der Waals surface area (Å²) in [5.74, 6) is 0.380. The zero-order valence-electron chi connectivity index (χ0n) is 13.5. The van der Waals surface area contributed by atoms with Crippen molar-refractivity contribution in [3.05, 3.63) is 65.4 Å². The molecule has 1 amide bonds. The SMILES string of the molecule is CCCc1nnc2c(C(=O)NCCc3cccc(F)c3)cccn12. The fraction of sp³-hybridized carbons (Fsp3) is 0.278. The maximum absolute atomic E-state index is 13.2. The molecular weight excluding hydrogens is 307 g/mol. The summed E-state index contributed by atoms with van der Waals surface area (Å²) in [5.41, 5.74) is 1.90. The van der Waals surface area contributed by atoms with Gasteiger partial charge in [0.2, 0.25) is 0 Å². The van der Waals surface area contributed by atoms with Crippen LogP contribution in [0.4, 0.5) is 4.39 Å². The highest BCUT2D eigenvalue weighted by molar-refractivity contribution is 5.99. The van der Waals surface area contributed by atoms with Crippen LogP contribution in [0.25, 0.3) is 5.65 Å². The zero-order valence-corrected chi connectivity index (χ0v) is 13.5. The number of amides is 1. The summed E-state index contributed by atoms with van der Waals surface area (Å²) < 4.78 is 15.0. The molecule has 0 bridgehead atoms. The molecule has 5 nitrogen and oxygen atoms in total. The second-order valence-corrected chi connectivity index (χ2v) is 5.62. The Morgan fingerprint density at radius 3 is 2.88 bits per heavy atom. The summed E-state index contributed by atoms with van der Waals surface area (Å²) in [6.45, 7) is 2.50. The van der Waals surface area contributed by atoms with Crippen LogP contribution in [0.5, 0.6) is 0 Å². The highest BCUT2D eigenvalue weighted by atomic mass is 19.1. The molecule has 0 fully saturated rings. The van der Waals surface area contributed by atoms with Crippen LogP contribution < -0.4 is 5.32 Å². The van der Waals surface area contributed by atoms with E-state index in [4.69, 9.17) is 0 Å². The van der Waals surface area contributed by atoms with E-state index in [2.05, 4.69) is 22.4 Å². The lowest BCUT2D eigenvalue weighted by molar-refractivity contribution is 0.0955. The third kappa shape index (κ3) is 3.42. The van der Waals surface area contributed by atoms with Gasteiger partial charge < -0.3 is 5.32 Å². The number of nitrogens with one attached hydrogen (secondary N) is 1. The summed E-state index contributed by atoms with van der Waals surface area (Å²) in [7, 11) is 0. The van der Waals surface area contributed by atoms with E-state index >= 15 is 0 Å². The summed E-state index contributed by atoms with van der Waals surface area (Å²) in [6, 6.07) is 9.93. The van der Waals surface area contributed by atoms with Crippen LogP contribution in [0.15, 0.2) is 42.6 Å². The van der Waals surface area contributed by atoms with E-state index in [1.54, 1.807) is 12.1 Å². The largest absolute Gasteiger partial charge is 0.352 e. The number of carbonyl (C=O) groups excluding carboxylic acids is 1. The molecule has 0 saturated heterocycles. The Bertz CT molecular complexity index is 859. The Labute approximate surface area is 139 Å². The number of hydrogen-bond donors (Lipinski definition) is 1. The van der Waals surface area contributed by atoms with E-state index in [1.807, 2.05) is 22.7 Å². The summed E-state index contributed by atoms with van der Waals surface area (Å²) in [6.07, 6.45) is 4.21. The lowest BCUT2D eigenvalue weighted by atomic mass is 10.1. The number of hydrogen-bond acceptors (Lipinski definition) is 3. The van der Waals surface area contributed by atoms with Crippen molar-refractivity contribution in [2.45, 2.75) is 26.2 Å². The number of pyridine rings is 1. The Morgan fingerprint density at radius 1 is 1.21 bits per heavy atom. The number of benzene rings is 1. The molecule has 0 unspecified atom stereocenters. The number of halogens is 1. The third-order valence-electron chi connectivity index (χ3n) is 3.81. The minimum absolute atomic E-state index is 0.201. The lowest BCUT2D eigenvalue weighted by Gasteiger charge is -2.07. The zero-order chi connectivity index (χ0) is 16.9. The van der Waals surface area contributed by atoms with E-state index in [0.29, 0.717) is 24.2 Å². The average Bonchev–Trinajstić information content (AvgIpc) is 2.98. The van der Waals surface area contributed by atoms with Gasteiger partial charge >= 0.3 is 0 Å². The number of carbonyl (C=O) groups is 1. The molecule has 6 heteroatoms. The molecule has 24 heavy (non-hydrogen) atoms. The fourth-order valence-electron chi connectivity index (χ4n) is 2.64. The number of rotatable bonds is 6. The standard InChI is InChI=1S/C18H19FN4O/c1-2-5-16-21-22-17-15(8-4-11-23(16)17)18(24)20-10-9-13-6-3-7-14(19)12-13/h3-4,6-8,11-12H,2,5,9-10H2,1H3,(H,20,24). The maximum atomic E-state index is 13.2. The topological polar surface area (TPSA) is 59.3 Å². The highest BCUT2D eigenvalue weighted by Gasteiger charge is 2.14. The van der Waals surface area contributed by atoms with Crippen molar-refractivity contribution in [2.75, 3.05) is 6.54 Å². The molecule has 0 aliphatic carbocycles. The monoisotopic (exact) mass is 326 g/mol. The molecule has 124 valence electrons. The molecule has 2 aromatic heterocycles. The predicted molar refractivity (Wildman–Crippen MR) is 89.4 cm³/mol. The summed E-state index contributed by atoms with van der Waals surface area (Å²) in [4.78, 5) is 12.4. The van der Waals surface area contributed by atoms with Gasteiger partial charge in [0.25, 0.3) is 5.91 Å². The second kappa shape index (κ2) is 7.21. The van der Waals surface area contributed by atoms with Crippen molar-refractivity contribution in [1.82, 2.24) is 19.9 Å². The first kappa shape index (κ1) is 16.1. The van der Waals surface area contributed by atoms with Gasteiger partial charge in [-0.1, -0.05) is 19.1 Å². The first-order chi connectivity index (χ1) is 11.7. The first-order valence-electron chi connectivity index (χ1n) is 8.04. The van der Waals surface area contributed by atoms with Crippen LogP contribution in [-0.4, -0.2) is 27.0 Å². The quantitative estimate of drug-likeness (QED) is 0.758. The molecule has 3 rings (SSSR count). The number of nitrogens with zero attached hydrogens (tertiary/aromatic N) is 3. The smallest absolute Gasteiger partial charge is 0.255 e. The minimum atomic E-state index is -0.268. The van der Waals surface area contributed by atoms with Gasteiger partial charge in [-0.05, 0) is 42.7 Å². The van der Waals surface area contributed by atoms with Crippen LogP contribution in [0.2, 0.25) is 0 Å². The van der Waals surface area contributed by atoms with E-state index in [9.17, 15) is 9.18 Å². The Kier molecular flexibility index (Phi) is 4.84. The Hall–Kier alpha value is -2.76. The average molecular weight is 326 g/mol. The van der Waals surface area contributed by atoms with Gasteiger partial charge in [-0.3, -0.25) is 9.20 Å². The molecule has 0 aliphatic rings. The lowest BCUT2D eigenvalue weighted by Crippen LogP contribution is -2.26. The highest BCUT2D eigenvalue weighted by Crippen LogP contribution is 2.11. The van der Waals surface area contributed by atoms with Gasteiger partial charge in [0.1, 0.15) is 11.6 Å². The number of aromatic nitrogens is 3. The van der Waals surface area contributed by atoms with E-state index in [1.165, 1.54) is 12.1 Å². The van der Waals surface area contributed by atoms with E-state index in [-0.39, 0.29) is 11.7 Å². The fourth-order valence-corrected chi connectivity index (χ4v) is 2.64. The van der Waals surface area contributed by atoms with E-state index < -0.39 is 0 Å². The number of fused-ring (bicyclic) bond motifs is 1. The van der Waals surface area contributed by atoms with Crippen LogP contribution in [0, 0.1) is 5.82 Å². The third-order valence-corrected chi connectivity index (χ3v) is 3.81. The van der Waals surface area contributed by atoms with Crippen molar-refractivity contribution in [3.63, 3.8) is 0 Å². The Morgan fingerprint density at radius 2 is 2.08 bits per heavy atom. The molecule has 3 aromatic rings. The predicted octanol–water partition coefficient (Wildman–Crippen LogP) is 2.79. The van der Waals surface area contributed by atoms with Crippen LogP contribution in [0.1, 0.15) is 35.1 Å². The molecule has 0 aliphatic heterocycles. The molecular formula is C18H19FN4O. The maximum Gasteiger partial charge on any atom is 0.255 e. The van der Waals surface area contributed by atoms with E-state index in [0.717, 1.165) is 24.2 Å². The van der Waals surface area contributed by atoms with Gasteiger partial charge in [-0.15, -0.1) is 10.2 Å². The molecule has 1 N–H and O–H groups in total. The van der Waals surface area contributed by atoms with Gasteiger partial charge in [0.15, 0.2) is 5.65 Å². The normalized spacial score (nSPS) is 10.9. The second-order valence-electron chi connectivity index (χ2n) is 5.62. The van der Waals surface area contributed by atoms with Crippen molar-refractivity contribution < 1.29 is 9.18 Å². The van der Waals surface area contributed by atoms with Crippen LogP contribution >= 0.6 is 0 Å².